The molecule has 0 N–H and O–H groups in total. The van der Waals surface area contributed by atoms with E-state index in [1.54, 1.807) is 0 Å². The third kappa shape index (κ3) is 8.41. The van der Waals surface area contributed by atoms with Crippen LogP contribution in [0.2, 0.25) is 0 Å². The molecule has 0 aromatic heterocycles. The lowest BCUT2D eigenvalue weighted by Gasteiger charge is -2.24. The summed E-state index contributed by atoms with van der Waals surface area (Å²) in [4.78, 5) is 0. The van der Waals surface area contributed by atoms with E-state index in [9.17, 15) is 0 Å². The second kappa shape index (κ2) is 13.4. The fourth-order valence-electron chi connectivity index (χ4n) is 2.37. The standard InChI is InChI=1S/C19H32O2.C2H6/c1-6-10-17(8-3)20-19(9-4)21-18-13-11-16(12-14-18)15(5)7-2;1-2/h11-15,17,19H,6-10H2,1-5H3;1-2H3. The van der Waals surface area contributed by atoms with Crippen molar-refractivity contribution in [1.29, 1.82) is 0 Å². The Hall–Kier alpha value is -1.02. The third-order valence-corrected chi connectivity index (χ3v) is 4.07. The summed E-state index contributed by atoms with van der Waals surface area (Å²) in [6.45, 7) is 14.9. The molecule has 0 spiro atoms. The molecule has 23 heavy (non-hydrogen) atoms. The second-order valence-electron chi connectivity index (χ2n) is 5.79. The summed E-state index contributed by atoms with van der Waals surface area (Å²) in [6.07, 6.45) is 5.49. The van der Waals surface area contributed by atoms with Crippen LogP contribution in [0.1, 0.15) is 92.1 Å². The van der Waals surface area contributed by atoms with Crippen LogP contribution in [-0.2, 0) is 4.74 Å². The van der Waals surface area contributed by atoms with E-state index >= 15 is 0 Å². The highest BCUT2D eigenvalue weighted by Gasteiger charge is 2.15. The molecular formula is C21H38O2. The van der Waals surface area contributed by atoms with Crippen molar-refractivity contribution in [1.82, 2.24) is 0 Å². The lowest BCUT2D eigenvalue weighted by atomic mass is 9.99. The van der Waals surface area contributed by atoms with E-state index in [4.69, 9.17) is 9.47 Å². The molecule has 0 aliphatic rings. The van der Waals surface area contributed by atoms with Crippen molar-refractivity contribution in [3.8, 4) is 5.75 Å². The van der Waals surface area contributed by atoms with Crippen molar-refractivity contribution in [3.63, 3.8) is 0 Å². The van der Waals surface area contributed by atoms with Crippen molar-refractivity contribution < 1.29 is 9.47 Å². The first-order valence-electron chi connectivity index (χ1n) is 9.56. The Morgan fingerprint density at radius 2 is 1.48 bits per heavy atom. The normalized spacial score (nSPS) is 14.4. The number of ether oxygens (including phenoxy) is 2. The quantitative estimate of drug-likeness (QED) is 0.434. The van der Waals surface area contributed by atoms with Gasteiger partial charge in [-0.1, -0.05) is 67.0 Å². The van der Waals surface area contributed by atoms with E-state index in [1.807, 2.05) is 13.8 Å². The molecule has 0 heterocycles. The highest BCUT2D eigenvalue weighted by atomic mass is 16.7. The SMILES string of the molecule is CC.CCCC(CC)OC(CC)Oc1ccc(C(C)CC)cc1. The summed E-state index contributed by atoms with van der Waals surface area (Å²) in [5.41, 5.74) is 1.37. The van der Waals surface area contributed by atoms with Gasteiger partial charge < -0.3 is 9.47 Å². The van der Waals surface area contributed by atoms with Gasteiger partial charge >= 0.3 is 0 Å². The number of hydrogen-bond acceptors (Lipinski definition) is 2. The lowest BCUT2D eigenvalue weighted by molar-refractivity contribution is -0.123. The van der Waals surface area contributed by atoms with Crippen LogP contribution in [0.4, 0.5) is 0 Å². The van der Waals surface area contributed by atoms with Gasteiger partial charge in [0.1, 0.15) is 5.75 Å². The van der Waals surface area contributed by atoms with Gasteiger partial charge in [-0.05, 0) is 42.9 Å². The molecule has 3 unspecified atom stereocenters. The lowest BCUT2D eigenvalue weighted by Crippen LogP contribution is -2.26. The summed E-state index contributed by atoms with van der Waals surface area (Å²) in [6, 6.07) is 8.46. The summed E-state index contributed by atoms with van der Waals surface area (Å²) in [5, 5.41) is 0. The average molecular weight is 323 g/mol. The van der Waals surface area contributed by atoms with Gasteiger partial charge in [0.2, 0.25) is 0 Å². The second-order valence-corrected chi connectivity index (χ2v) is 5.79. The molecule has 2 nitrogen and oxygen atoms in total. The van der Waals surface area contributed by atoms with Gasteiger partial charge in [0.05, 0.1) is 6.10 Å². The molecule has 0 fully saturated rings. The molecule has 0 amide bonds. The monoisotopic (exact) mass is 322 g/mol. The highest BCUT2D eigenvalue weighted by Crippen LogP contribution is 2.23. The Labute approximate surface area is 144 Å². The molecular weight excluding hydrogens is 284 g/mol. The van der Waals surface area contributed by atoms with E-state index in [2.05, 4.69) is 58.9 Å². The maximum atomic E-state index is 6.07. The first-order chi connectivity index (χ1) is 11.1. The van der Waals surface area contributed by atoms with Crippen molar-refractivity contribution in [2.24, 2.45) is 0 Å². The predicted octanol–water partition coefficient (Wildman–Crippen LogP) is 6.94. The van der Waals surface area contributed by atoms with Gasteiger partial charge in [-0.15, -0.1) is 0 Å². The fourth-order valence-corrected chi connectivity index (χ4v) is 2.37. The van der Waals surface area contributed by atoms with Crippen LogP contribution in [-0.4, -0.2) is 12.4 Å². The molecule has 134 valence electrons. The molecule has 3 atom stereocenters. The molecule has 2 heteroatoms. The van der Waals surface area contributed by atoms with Crippen LogP contribution >= 0.6 is 0 Å². The minimum Gasteiger partial charge on any atom is -0.465 e. The average Bonchev–Trinajstić information content (AvgIpc) is 2.62. The van der Waals surface area contributed by atoms with Crippen molar-refractivity contribution in [2.45, 2.75) is 98.9 Å². The summed E-state index contributed by atoms with van der Waals surface area (Å²) in [5.74, 6) is 1.51. The van der Waals surface area contributed by atoms with Gasteiger partial charge in [0, 0.05) is 6.42 Å². The maximum Gasteiger partial charge on any atom is 0.199 e. The first kappa shape index (κ1) is 22.0. The molecule has 0 radical (unpaired) electrons. The maximum absolute atomic E-state index is 6.07. The van der Waals surface area contributed by atoms with Crippen LogP contribution in [0.15, 0.2) is 24.3 Å². The molecule has 0 saturated heterocycles. The third-order valence-electron chi connectivity index (χ3n) is 4.07. The van der Waals surface area contributed by atoms with Gasteiger partial charge in [-0.25, -0.2) is 0 Å². The van der Waals surface area contributed by atoms with Crippen molar-refractivity contribution >= 4 is 0 Å². The zero-order chi connectivity index (χ0) is 17.7. The Morgan fingerprint density at radius 3 is 1.91 bits per heavy atom. The smallest absolute Gasteiger partial charge is 0.199 e. The molecule has 0 aliphatic carbocycles. The zero-order valence-corrected chi connectivity index (χ0v) is 16.4. The summed E-state index contributed by atoms with van der Waals surface area (Å²) >= 11 is 0. The summed E-state index contributed by atoms with van der Waals surface area (Å²) in [7, 11) is 0. The first-order valence-corrected chi connectivity index (χ1v) is 9.56. The largest absolute Gasteiger partial charge is 0.465 e. The van der Waals surface area contributed by atoms with Gasteiger partial charge in [-0.2, -0.15) is 0 Å². The highest BCUT2D eigenvalue weighted by molar-refractivity contribution is 5.29. The molecule has 0 saturated carbocycles. The molecule has 0 bridgehead atoms. The fraction of sp³-hybridized carbons (Fsp3) is 0.714. The van der Waals surface area contributed by atoms with E-state index in [-0.39, 0.29) is 6.29 Å². The van der Waals surface area contributed by atoms with E-state index in [1.165, 1.54) is 5.56 Å². The van der Waals surface area contributed by atoms with Gasteiger partial charge in [0.25, 0.3) is 0 Å². The van der Waals surface area contributed by atoms with E-state index < -0.39 is 0 Å². The Bertz CT molecular complexity index is 372. The number of rotatable bonds is 10. The molecule has 1 rings (SSSR count). The molecule has 1 aromatic rings. The Balaban J connectivity index is 0.00000232. The molecule has 1 aromatic carbocycles. The van der Waals surface area contributed by atoms with Gasteiger partial charge in [0.15, 0.2) is 6.29 Å². The predicted molar refractivity (Wildman–Crippen MR) is 101 cm³/mol. The van der Waals surface area contributed by atoms with Crippen LogP contribution in [0.25, 0.3) is 0 Å². The Kier molecular flexibility index (Phi) is 12.8. The minimum atomic E-state index is -0.143. The van der Waals surface area contributed by atoms with Crippen LogP contribution in [0.3, 0.4) is 0 Å². The van der Waals surface area contributed by atoms with Crippen LogP contribution < -0.4 is 4.74 Å². The van der Waals surface area contributed by atoms with E-state index in [0.717, 1.165) is 37.9 Å². The Morgan fingerprint density at radius 1 is 0.870 bits per heavy atom. The number of benzene rings is 1. The topological polar surface area (TPSA) is 18.5 Å². The van der Waals surface area contributed by atoms with Crippen LogP contribution in [0.5, 0.6) is 5.75 Å². The molecule has 0 aliphatic heterocycles. The van der Waals surface area contributed by atoms with Crippen LogP contribution in [0, 0.1) is 0 Å². The number of hydrogen-bond donors (Lipinski definition) is 0. The van der Waals surface area contributed by atoms with Gasteiger partial charge in [-0.3, -0.25) is 0 Å². The van der Waals surface area contributed by atoms with Crippen molar-refractivity contribution in [3.05, 3.63) is 29.8 Å². The zero-order valence-electron chi connectivity index (χ0n) is 16.4. The minimum absolute atomic E-state index is 0.143. The van der Waals surface area contributed by atoms with Crippen molar-refractivity contribution in [2.75, 3.05) is 0 Å². The summed E-state index contributed by atoms with van der Waals surface area (Å²) < 4.78 is 12.1. The van der Waals surface area contributed by atoms with E-state index in [0.29, 0.717) is 12.0 Å².